The van der Waals surface area contributed by atoms with Crippen molar-refractivity contribution >= 4 is 17.3 Å². The molecule has 132 valence electrons. The largest absolute Gasteiger partial charge is 0.372 e. The molecule has 1 fully saturated rings. The molecular formula is C20H20N4O2. The molecule has 1 saturated heterocycles. The molecule has 6 heteroatoms. The number of rotatable bonds is 4. The molecule has 6 nitrogen and oxygen atoms in total. The third-order valence-corrected chi connectivity index (χ3v) is 4.54. The molecule has 0 unspecified atom stereocenters. The molecule has 3 heterocycles. The number of benzene rings is 1. The Morgan fingerprint density at radius 2 is 1.88 bits per heavy atom. The van der Waals surface area contributed by atoms with Crippen molar-refractivity contribution < 1.29 is 9.32 Å². The number of aromatic nitrogens is 2. The van der Waals surface area contributed by atoms with Crippen molar-refractivity contribution in [3.8, 4) is 11.3 Å². The minimum absolute atomic E-state index is 0.240. The second-order valence-electron chi connectivity index (χ2n) is 6.37. The summed E-state index contributed by atoms with van der Waals surface area (Å²) in [4.78, 5) is 18.8. The molecule has 1 aliphatic heterocycles. The van der Waals surface area contributed by atoms with Gasteiger partial charge in [-0.2, -0.15) is 0 Å². The maximum Gasteiger partial charge on any atom is 0.277 e. The van der Waals surface area contributed by atoms with Crippen LogP contribution in [0.25, 0.3) is 11.3 Å². The smallest absolute Gasteiger partial charge is 0.277 e. The summed E-state index contributed by atoms with van der Waals surface area (Å²) >= 11 is 0. The fraction of sp³-hybridized carbons (Fsp3) is 0.250. The van der Waals surface area contributed by atoms with Gasteiger partial charge in [-0.3, -0.25) is 9.78 Å². The molecule has 0 radical (unpaired) electrons. The lowest BCUT2D eigenvalue weighted by Gasteiger charge is -2.28. The van der Waals surface area contributed by atoms with Crippen molar-refractivity contribution in [1.29, 1.82) is 0 Å². The highest BCUT2D eigenvalue weighted by molar-refractivity contribution is 6.03. The predicted octanol–water partition coefficient (Wildman–Crippen LogP) is 3.98. The first-order chi connectivity index (χ1) is 12.8. The summed E-state index contributed by atoms with van der Waals surface area (Å²) in [6.07, 6.45) is 7.14. The van der Waals surface area contributed by atoms with Gasteiger partial charge in [0.2, 0.25) is 0 Å². The van der Waals surface area contributed by atoms with E-state index in [1.807, 2.05) is 36.4 Å². The van der Waals surface area contributed by atoms with Crippen molar-refractivity contribution in [2.75, 3.05) is 23.3 Å². The lowest BCUT2D eigenvalue weighted by atomic mass is 10.1. The quantitative estimate of drug-likeness (QED) is 0.772. The molecule has 1 aromatic carbocycles. The predicted molar refractivity (Wildman–Crippen MR) is 100 cm³/mol. The van der Waals surface area contributed by atoms with Crippen LogP contribution >= 0.6 is 0 Å². The first-order valence-corrected chi connectivity index (χ1v) is 8.83. The van der Waals surface area contributed by atoms with Crippen LogP contribution in [-0.2, 0) is 0 Å². The van der Waals surface area contributed by atoms with Crippen LogP contribution in [0, 0.1) is 0 Å². The highest BCUT2D eigenvalue weighted by atomic mass is 16.5. The van der Waals surface area contributed by atoms with E-state index >= 15 is 0 Å². The third-order valence-electron chi connectivity index (χ3n) is 4.54. The monoisotopic (exact) mass is 348 g/mol. The van der Waals surface area contributed by atoms with E-state index in [2.05, 4.69) is 20.4 Å². The van der Waals surface area contributed by atoms with Gasteiger partial charge in [-0.15, -0.1) is 0 Å². The topological polar surface area (TPSA) is 71.3 Å². The average molecular weight is 348 g/mol. The van der Waals surface area contributed by atoms with E-state index in [9.17, 15) is 4.79 Å². The van der Waals surface area contributed by atoms with Crippen molar-refractivity contribution in [1.82, 2.24) is 10.1 Å². The number of carbonyl (C=O) groups excluding carboxylic acids is 1. The van der Waals surface area contributed by atoms with Gasteiger partial charge in [0.1, 0.15) is 0 Å². The van der Waals surface area contributed by atoms with Gasteiger partial charge in [-0.25, -0.2) is 0 Å². The molecule has 2 aromatic heterocycles. The van der Waals surface area contributed by atoms with Gasteiger partial charge in [0.25, 0.3) is 5.91 Å². The maximum atomic E-state index is 12.4. The maximum absolute atomic E-state index is 12.4. The lowest BCUT2D eigenvalue weighted by Crippen LogP contribution is -2.29. The summed E-state index contributed by atoms with van der Waals surface area (Å²) in [7, 11) is 0. The Labute approximate surface area is 151 Å². The van der Waals surface area contributed by atoms with Gasteiger partial charge >= 0.3 is 0 Å². The fourth-order valence-electron chi connectivity index (χ4n) is 3.13. The van der Waals surface area contributed by atoms with Gasteiger partial charge in [-0.1, -0.05) is 5.16 Å². The Bertz CT molecular complexity index is 868. The minimum Gasteiger partial charge on any atom is -0.372 e. The van der Waals surface area contributed by atoms with Gasteiger partial charge in [0.15, 0.2) is 11.5 Å². The molecule has 0 spiro atoms. The first kappa shape index (κ1) is 16.3. The van der Waals surface area contributed by atoms with Crippen molar-refractivity contribution in [2.24, 2.45) is 0 Å². The zero-order valence-electron chi connectivity index (χ0n) is 14.4. The molecule has 1 aliphatic rings. The van der Waals surface area contributed by atoms with E-state index in [1.54, 1.807) is 18.5 Å². The van der Waals surface area contributed by atoms with Crippen LogP contribution < -0.4 is 10.2 Å². The number of anilines is 2. The summed E-state index contributed by atoms with van der Waals surface area (Å²) in [5.41, 5.74) is 2.96. The second-order valence-corrected chi connectivity index (χ2v) is 6.37. The van der Waals surface area contributed by atoms with E-state index in [-0.39, 0.29) is 11.6 Å². The molecule has 4 rings (SSSR count). The zero-order valence-corrected chi connectivity index (χ0v) is 14.4. The van der Waals surface area contributed by atoms with Gasteiger partial charge < -0.3 is 14.7 Å². The van der Waals surface area contributed by atoms with E-state index in [4.69, 9.17) is 4.52 Å². The Balaban J connectivity index is 1.42. The van der Waals surface area contributed by atoms with Crippen molar-refractivity contribution in [3.05, 3.63) is 60.6 Å². The Kier molecular flexibility index (Phi) is 4.64. The van der Waals surface area contributed by atoms with E-state index in [0.717, 1.165) is 24.3 Å². The molecule has 1 N–H and O–H groups in total. The number of nitrogens with one attached hydrogen (secondary N) is 1. The van der Waals surface area contributed by atoms with Gasteiger partial charge in [-0.05, 0) is 55.7 Å². The number of pyridine rings is 1. The van der Waals surface area contributed by atoms with Crippen LogP contribution in [0.4, 0.5) is 11.4 Å². The summed E-state index contributed by atoms with van der Waals surface area (Å²) in [6.45, 7) is 2.20. The van der Waals surface area contributed by atoms with Gasteiger partial charge in [0.05, 0.1) is 0 Å². The van der Waals surface area contributed by atoms with Crippen LogP contribution in [0.5, 0.6) is 0 Å². The van der Waals surface area contributed by atoms with Crippen molar-refractivity contribution in [2.45, 2.75) is 19.3 Å². The zero-order chi connectivity index (χ0) is 17.8. The standard InChI is InChI=1S/C20H20N4O2/c25-20(18-13-19(26-23-18)15-5-4-10-21-14-15)22-16-6-8-17(9-7-16)24-11-2-1-3-12-24/h4-10,13-14H,1-3,11-12H2,(H,22,25). The van der Waals surface area contributed by atoms with Crippen LogP contribution in [-0.4, -0.2) is 29.1 Å². The summed E-state index contributed by atoms with van der Waals surface area (Å²) in [5.74, 6) is 0.221. The third kappa shape index (κ3) is 3.59. The minimum atomic E-state index is -0.297. The summed E-state index contributed by atoms with van der Waals surface area (Å²) in [6, 6.07) is 13.2. The number of nitrogens with zero attached hydrogens (tertiary/aromatic N) is 3. The number of piperidine rings is 1. The molecule has 0 bridgehead atoms. The Hall–Kier alpha value is -3.15. The molecular weight excluding hydrogens is 328 g/mol. The summed E-state index contributed by atoms with van der Waals surface area (Å²) < 4.78 is 5.25. The van der Waals surface area contributed by atoms with Crippen molar-refractivity contribution in [3.63, 3.8) is 0 Å². The van der Waals surface area contributed by atoms with Crippen LogP contribution in [0.3, 0.4) is 0 Å². The number of hydrogen-bond donors (Lipinski definition) is 1. The SMILES string of the molecule is O=C(Nc1ccc(N2CCCCC2)cc1)c1cc(-c2cccnc2)on1. The number of hydrogen-bond acceptors (Lipinski definition) is 5. The molecule has 0 aliphatic carbocycles. The van der Waals surface area contributed by atoms with E-state index in [0.29, 0.717) is 5.76 Å². The van der Waals surface area contributed by atoms with Crippen LogP contribution in [0.2, 0.25) is 0 Å². The Morgan fingerprint density at radius 3 is 2.62 bits per heavy atom. The number of amides is 1. The average Bonchev–Trinajstić information content (AvgIpc) is 3.20. The lowest BCUT2D eigenvalue weighted by molar-refractivity contribution is 0.101. The summed E-state index contributed by atoms with van der Waals surface area (Å²) in [5, 5.41) is 6.71. The van der Waals surface area contributed by atoms with Gasteiger partial charge in [0, 0.05) is 48.5 Å². The fourth-order valence-corrected chi connectivity index (χ4v) is 3.13. The van der Waals surface area contributed by atoms with E-state index < -0.39 is 0 Å². The molecule has 0 atom stereocenters. The second kappa shape index (κ2) is 7.39. The normalized spacial score (nSPS) is 14.2. The first-order valence-electron chi connectivity index (χ1n) is 8.83. The molecule has 26 heavy (non-hydrogen) atoms. The Morgan fingerprint density at radius 1 is 1.08 bits per heavy atom. The highest BCUT2D eigenvalue weighted by Crippen LogP contribution is 2.23. The van der Waals surface area contributed by atoms with Crippen LogP contribution in [0.15, 0.2) is 59.4 Å². The highest BCUT2D eigenvalue weighted by Gasteiger charge is 2.15. The molecule has 3 aromatic rings. The number of carbonyl (C=O) groups is 1. The molecule has 0 saturated carbocycles. The van der Waals surface area contributed by atoms with Crippen LogP contribution in [0.1, 0.15) is 29.8 Å². The van der Waals surface area contributed by atoms with E-state index in [1.165, 1.54) is 24.9 Å². The molecule has 1 amide bonds.